The maximum absolute atomic E-state index is 14.0. The largest absolute Gasteiger partial charge is 0.300 e. The van der Waals surface area contributed by atoms with Crippen LogP contribution in [0.5, 0.6) is 0 Å². The quantitative estimate of drug-likeness (QED) is 0.616. The minimum absolute atomic E-state index is 0.0792. The molecule has 3 aromatic rings. The van der Waals surface area contributed by atoms with Crippen LogP contribution in [-0.2, 0) is 10.5 Å². The minimum atomic E-state index is -0.955. The molecule has 126 valence electrons. The van der Waals surface area contributed by atoms with Gasteiger partial charge in [0.1, 0.15) is 11.5 Å². The van der Waals surface area contributed by atoms with E-state index < -0.39 is 17.3 Å². The maximum Gasteiger partial charge on any atom is 0.228 e. The van der Waals surface area contributed by atoms with Crippen LogP contribution in [-0.4, -0.2) is 15.5 Å². The van der Waals surface area contributed by atoms with Gasteiger partial charge in [0.05, 0.1) is 16.7 Å². The highest BCUT2D eigenvalue weighted by Gasteiger charge is 2.47. The number of piperidine rings is 1. The lowest BCUT2D eigenvalue weighted by molar-refractivity contribution is -0.122. The molecule has 4 nitrogen and oxygen atoms in total. The number of imidazole rings is 1. The van der Waals surface area contributed by atoms with Gasteiger partial charge in [0.2, 0.25) is 5.91 Å². The van der Waals surface area contributed by atoms with Gasteiger partial charge in [-0.25, -0.2) is 13.8 Å². The molecular formula is C19H15F2N3O. The molecule has 0 aliphatic carbocycles. The average molecular weight is 339 g/mol. The highest BCUT2D eigenvalue weighted by atomic mass is 19.2. The molecule has 2 aliphatic rings. The van der Waals surface area contributed by atoms with Gasteiger partial charge in [0, 0.05) is 18.1 Å². The van der Waals surface area contributed by atoms with E-state index in [-0.39, 0.29) is 5.91 Å². The Morgan fingerprint density at radius 3 is 2.76 bits per heavy atom. The van der Waals surface area contributed by atoms with Crippen molar-refractivity contribution in [3.63, 3.8) is 0 Å². The van der Waals surface area contributed by atoms with E-state index in [1.54, 1.807) is 4.90 Å². The number of hydrogen-bond acceptors (Lipinski definition) is 2. The van der Waals surface area contributed by atoms with E-state index in [1.807, 2.05) is 35.8 Å². The number of para-hydroxylation sites is 2. The lowest BCUT2D eigenvalue weighted by atomic mass is 9.90. The summed E-state index contributed by atoms with van der Waals surface area (Å²) in [4.78, 5) is 19.0. The Labute approximate surface area is 142 Å². The second kappa shape index (κ2) is 4.65. The van der Waals surface area contributed by atoms with Crippen molar-refractivity contribution >= 4 is 22.6 Å². The molecule has 1 saturated heterocycles. The molecule has 5 rings (SSSR count). The molecule has 1 fully saturated rings. The van der Waals surface area contributed by atoms with E-state index >= 15 is 0 Å². The van der Waals surface area contributed by atoms with Crippen LogP contribution in [0.3, 0.4) is 0 Å². The number of rotatable bonds is 0. The number of amides is 1. The Kier molecular flexibility index (Phi) is 2.71. The number of hydrogen-bond donors (Lipinski definition) is 0. The predicted molar refractivity (Wildman–Crippen MR) is 90.1 cm³/mol. The van der Waals surface area contributed by atoms with Crippen molar-refractivity contribution in [3.8, 4) is 11.4 Å². The SMILES string of the molecule is CC12CCCC(=O)N1c1cc(F)c(F)cc1-c1nc3ccccc3n12. The fraction of sp³-hybridized carbons (Fsp3) is 0.263. The lowest BCUT2D eigenvalue weighted by Crippen LogP contribution is -2.56. The summed E-state index contributed by atoms with van der Waals surface area (Å²) < 4.78 is 29.9. The first-order valence-electron chi connectivity index (χ1n) is 8.31. The van der Waals surface area contributed by atoms with Crippen molar-refractivity contribution in [2.75, 3.05) is 4.90 Å². The van der Waals surface area contributed by atoms with Crippen LogP contribution >= 0.6 is 0 Å². The number of nitrogens with zero attached hydrogens (tertiary/aromatic N) is 3. The Balaban J connectivity index is 1.95. The van der Waals surface area contributed by atoms with Gasteiger partial charge in [-0.1, -0.05) is 12.1 Å². The van der Waals surface area contributed by atoms with Crippen LogP contribution in [0.1, 0.15) is 26.2 Å². The van der Waals surface area contributed by atoms with Crippen molar-refractivity contribution < 1.29 is 13.6 Å². The van der Waals surface area contributed by atoms with E-state index in [0.29, 0.717) is 23.5 Å². The van der Waals surface area contributed by atoms with Gasteiger partial charge < -0.3 is 0 Å². The second-order valence-corrected chi connectivity index (χ2v) is 6.84. The zero-order valence-corrected chi connectivity index (χ0v) is 13.6. The third-order valence-electron chi connectivity index (χ3n) is 5.34. The second-order valence-electron chi connectivity index (χ2n) is 6.84. The molecule has 25 heavy (non-hydrogen) atoms. The number of carbonyl (C=O) groups is 1. The van der Waals surface area contributed by atoms with Gasteiger partial charge in [-0.05, 0) is 38.0 Å². The van der Waals surface area contributed by atoms with Gasteiger partial charge in [-0.15, -0.1) is 0 Å². The summed E-state index contributed by atoms with van der Waals surface area (Å²) in [7, 11) is 0. The van der Waals surface area contributed by atoms with Crippen LogP contribution in [0, 0.1) is 11.6 Å². The van der Waals surface area contributed by atoms with Crippen LogP contribution in [0.25, 0.3) is 22.4 Å². The summed E-state index contributed by atoms with van der Waals surface area (Å²) in [6, 6.07) is 9.90. The smallest absolute Gasteiger partial charge is 0.228 e. The third kappa shape index (κ3) is 1.74. The van der Waals surface area contributed by atoms with E-state index in [4.69, 9.17) is 0 Å². The van der Waals surface area contributed by atoms with Crippen molar-refractivity contribution in [2.45, 2.75) is 31.8 Å². The summed E-state index contributed by atoms with van der Waals surface area (Å²) in [5.41, 5.74) is 1.82. The first kappa shape index (κ1) is 14.6. The predicted octanol–water partition coefficient (Wildman–Crippen LogP) is 4.18. The van der Waals surface area contributed by atoms with E-state index in [1.165, 1.54) is 0 Å². The highest BCUT2D eigenvalue weighted by molar-refractivity contribution is 6.01. The number of anilines is 1. The molecule has 0 N–H and O–H groups in total. The highest BCUT2D eigenvalue weighted by Crippen LogP contribution is 2.49. The first-order valence-corrected chi connectivity index (χ1v) is 8.31. The maximum atomic E-state index is 14.0. The molecule has 1 atom stereocenters. The summed E-state index contributed by atoms with van der Waals surface area (Å²) in [5, 5.41) is 0. The Morgan fingerprint density at radius 1 is 1.16 bits per heavy atom. The average Bonchev–Trinajstić information content (AvgIpc) is 2.97. The molecule has 1 unspecified atom stereocenters. The molecule has 1 amide bonds. The number of halogens is 2. The standard InChI is InChI=1S/C19H15F2N3O/c1-19-8-4-7-17(25)23(19)16-10-13(21)12(20)9-11(16)18-22-14-5-2-3-6-15(14)24(18)19/h2-3,5-6,9-10H,4,7-8H2,1H3. The number of fused-ring (bicyclic) bond motifs is 8. The van der Waals surface area contributed by atoms with E-state index in [0.717, 1.165) is 36.0 Å². The summed E-state index contributed by atoms with van der Waals surface area (Å²) in [6.45, 7) is 1.96. The third-order valence-corrected chi connectivity index (χ3v) is 5.34. The Hall–Kier alpha value is -2.76. The van der Waals surface area contributed by atoms with Gasteiger partial charge in [-0.2, -0.15) is 0 Å². The van der Waals surface area contributed by atoms with Crippen molar-refractivity contribution in [1.29, 1.82) is 0 Å². The van der Waals surface area contributed by atoms with Crippen molar-refractivity contribution in [3.05, 3.63) is 48.0 Å². The molecule has 1 aromatic heterocycles. The molecule has 0 saturated carbocycles. The van der Waals surface area contributed by atoms with Gasteiger partial charge >= 0.3 is 0 Å². The van der Waals surface area contributed by atoms with Gasteiger partial charge in [0.25, 0.3) is 0 Å². The zero-order chi connectivity index (χ0) is 17.3. The first-order chi connectivity index (χ1) is 12.0. The number of aromatic nitrogens is 2. The van der Waals surface area contributed by atoms with Crippen LogP contribution < -0.4 is 4.90 Å². The summed E-state index contributed by atoms with van der Waals surface area (Å²) >= 11 is 0. The monoisotopic (exact) mass is 339 g/mol. The molecule has 6 heteroatoms. The zero-order valence-electron chi connectivity index (χ0n) is 13.6. The minimum Gasteiger partial charge on any atom is -0.300 e. The van der Waals surface area contributed by atoms with Crippen molar-refractivity contribution in [2.24, 2.45) is 0 Å². The summed E-state index contributed by atoms with van der Waals surface area (Å²) in [6.07, 6.45) is 1.87. The molecule has 0 radical (unpaired) electrons. The lowest BCUT2D eigenvalue weighted by Gasteiger charge is -2.49. The van der Waals surface area contributed by atoms with Crippen molar-refractivity contribution in [1.82, 2.24) is 9.55 Å². The van der Waals surface area contributed by atoms with Crippen LogP contribution in [0.2, 0.25) is 0 Å². The molecule has 0 bridgehead atoms. The van der Waals surface area contributed by atoms with Gasteiger partial charge in [0.15, 0.2) is 11.6 Å². The molecule has 2 aliphatic heterocycles. The fourth-order valence-electron chi connectivity index (χ4n) is 4.27. The topological polar surface area (TPSA) is 38.1 Å². The molecule has 3 heterocycles. The van der Waals surface area contributed by atoms with Gasteiger partial charge in [-0.3, -0.25) is 14.3 Å². The molecule has 0 spiro atoms. The van der Waals surface area contributed by atoms with E-state index in [9.17, 15) is 13.6 Å². The van der Waals surface area contributed by atoms with Crippen LogP contribution in [0.4, 0.5) is 14.5 Å². The normalized spacial score (nSPS) is 21.9. The van der Waals surface area contributed by atoms with Crippen LogP contribution in [0.15, 0.2) is 36.4 Å². The Morgan fingerprint density at radius 2 is 1.92 bits per heavy atom. The molecule has 2 aromatic carbocycles. The summed E-state index contributed by atoms with van der Waals surface area (Å²) in [5.74, 6) is -1.40. The molecular weight excluding hydrogens is 324 g/mol. The number of carbonyl (C=O) groups excluding carboxylic acids is 1. The Bertz CT molecular complexity index is 1060. The van der Waals surface area contributed by atoms with E-state index in [2.05, 4.69) is 4.98 Å². The fourth-order valence-corrected chi connectivity index (χ4v) is 4.27. The number of benzene rings is 2.